The molecular formula is C10H9NO3+2. The molecule has 70 valence electrons. The van der Waals surface area contributed by atoms with E-state index >= 15 is 0 Å². The Hall–Kier alpha value is -1.97. The number of rotatable bonds is 1. The number of carbonyl (C=O) groups excluding carboxylic acids is 3. The van der Waals surface area contributed by atoms with E-state index in [-0.39, 0.29) is 0 Å². The molecule has 4 nitrogen and oxygen atoms in total. The number of aromatic nitrogens is 1. The van der Waals surface area contributed by atoms with Gasteiger partial charge in [-0.3, -0.25) is 4.42 Å². The molecule has 0 saturated carbocycles. The summed E-state index contributed by atoms with van der Waals surface area (Å²) >= 11 is 0. The molecule has 14 heavy (non-hydrogen) atoms. The van der Waals surface area contributed by atoms with E-state index in [2.05, 4.69) is 4.98 Å². The molecule has 1 aliphatic rings. The average Bonchev–Trinajstić information content (AvgIpc) is 2.77. The summed E-state index contributed by atoms with van der Waals surface area (Å²) in [5.74, 6) is 0.619. The van der Waals surface area contributed by atoms with Crippen molar-refractivity contribution in [1.82, 2.24) is 4.98 Å². The lowest BCUT2D eigenvalue weighted by Crippen LogP contribution is -2.12. The van der Waals surface area contributed by atoms with Gasteiger partial charge in [-0.05, 0) is 12.1 Å². The predicted molar refractivity (Wildman–Crippen MR) is 50.0 cm³/mol. The monoisotopic (exact) mass is 191 g/mol. The van der Waals surface area contributed by atoms with Crippen molar-refractivity contribution in [3.63, 3.8) is 0 Å². The van der Waals surface area contributed by atoms with Gasteiger partial charge in [-0.2, -0.15) is 0 Å². The van der Waals surface area contributed by atoms with E-state index in [4.69, 9.17) is 8.85 Å². The van der Waals surface area contributed by atoms with E-state index in [1.165, 1.54) is 6.26 Å². The minimum atomic E-state index is -0.417. The van der Waals surface area contributed by atoms with Gasteiger partial charge < -0.3 is 4.98 Å². The normalized spacial score (nSPS) is 17.5. The van der Waals surface area contributed by atoms with E-state index in [9.17, 15) is 4.79 Å². The standard InChI is InChI=1S/C10H8NO3/c1-7-9(4-6-13-7)14-10(12)8-3-2-5-11-8/h2-6H,1H3/q+1/p+1. The molecule has 2 heterocycles. The van der Waals surface area contributed by atoms with Crippen LogP contribution in [-0.4, -0.2) is 22.5 Å². The number of nitrogens with one attached hydrogen (secondary N) is 1. The van der Waals surface area contributed by atoms with E-state index in [0.29, 0.717) is 17.3 Å². The molecule has 2 rings (SSSR count). The maximum atomic E-state index is 11.4. The van der Waals surface area contributed by atoms with Crippen molar-refractivity contribution < 1.29 is 13.6 Å². The molecule has 0 aromatic carbocycles. The second kappa shape index (κ2) is 3.41. The molecule has 1 aromatic heterocycles. The Balaban J connectivity index is 2.23. The largest absolute Gasteiger partial charge is 0.630 e. The highest BCUT2D eigenvalue weighted by Gasteiger charge is 2.29. The van der Waals surface area contributed by atoms with Crippen LogP contribution in [0, 0.1) is 0 Å². The molecule has 1 aliphatic heterocycles. The van der Waals surface area contributed by atoms with Gasteiger partial charge in [-0.15, -0.1) is 0 Å². The molecular weight excluding hydrogens is 182 g/mol. The van der Waals surface area contributed by atoms with Crippen LogP contribution in [0.5, 0.6) is 0 Å². The summed E-state index contributed by atoms with van der Waals surface area (Å²) in [6, 6.07) is 3.39. The number of hydrogen-bond donors (Lipinski definition) is 1. The lowest BCUT2D eigenvalue weighted by molar-refractivity contribution is -0.372. The number of ketones is 2. The lowest BCUT2D eigenvalue weighted by Gasteiger charge is -1.78. The molecule has 1 N–H and O–H groups in total. The average molecular weight is 191 g/mol. The lowest BCUT2D eigenvalue weighted by atomic mass is 10.3. The fourth-order valence-corrected chi connectivity index (χ4v) is 1.09. The SMILES string of the molecule is CC1=[O+]C=CC1=[O+]C(=O)c1ccc[nH]1. The third-order valence-electron chi connectivity index (χ3n) is 1.83. The summed E-state index contributed by atoms with van der Waals surface area (Å²) in [6.07, 6.45) is 4.75. The summed E-state index contributed by atoms with van der Waals surface area (Å²) in [4.78, 5) is 14.2. The third kappa shape index (κ3) is 1.54. The van der Waals surface area contributed by atoms with Crippen molar-refractivity contribution in [2.45, 2.75) is 6.92 Å². The Morgan fingerprint density at radius 2 is 2.43 bits per heavy atom. The van der Waals surface area contributed by atoms with Crippen molar-refractivity contribution in [2.75, 3.05) is 0 Å². The molecule has 0 spiro atoms. The van der Waals surface area contributed by atoms with Crippen LogP contribution in [0.1, 0.15) is 17.4 Å². The second-order valence-electron chi connectivity index (χ2n) is 2.81. The van der Waals surface area contributed by atoms with Crippen molar-refractivity contribution in [3.8, 4) is 0 Å². The van der Waals surface area contributed by atoms with E-state index in [1.54, 1.807) is 31.3 Å². The highest BCUT2D eigenvalue weighted by atomic mass is 16.5. The molecule has 0 fully saturated rings. The number of allylic oxidation sites excluding steroid dienone is 1. The van der Waals surface area contributed by atoms with E-state index < -0.39 is 5.97 Å². The fraction of sp³-hybridized carbons (Fsp3) is 0.100. The molecule has 1 aromatic rings. The Kier molecular flexibility index (Phi) is 2.10. The molecule has 0 bridgehead atoms. The minimum absolute atomic E-state index is 0.417. The molecule has 0 amide bonds. The van der Waals surface area contributed by atoms with E-state index in [1.807, 2.05) is 0 Å². The number of aromatic amines is 1. The first kappa shape index (κ1) is 8.62. The van der Waals surface area contributed by atoms with Crippen molar-refractivity contribution in [2.24, 2.45) is 0 Å². The number of carbonyl (C=O) groups is 1. The summed E-state index contributed by atoms with van der Waals surface area (Å²) in [5, 5.41) is 0. The maximum Gasteiger partial charge on any atom is 0.630 e. The van der Waals surface area contributed by atoms with Crippen LogP contribution in [0.25, 0.3) is 0 Å². The topological polar surface area (TPSA) is 55.5 Å². The van der Waals surface area contributed by atoms with Gasteiger partial charge in [-0.1, -0.05) is 0 Å². The Morgan fingerprint density at radius 1 is 1.57 bits per heavy atom. The first-order valence-corrected chi connectivity index (χ1v) is 4.17. The zero-order valence-corrected chi connectivity index (χ0v) is 7.61. The summed E-state index contributed by atoms with van der Waals surface area (Å²) in [5.41, 5.74) is 0.422. The van der Waals surface area contributed by atoms with Gasteiger partial charge in [0.2, 0.25) is 0 Å². The molecule has 0 aliphatic carbocycles. The summed E-state index contributed by atoms with van der Waals surface area (Å²) < 4.78 is 10.1. The third-order valence-corrected chi connectivity index (χ3v) is 1.83. The first-order chi connectivity index (χ1) is 6.77. The molecule has 0 unspecified atom stereocenters. The quantitative estimate of drug-likeness (QED) is 0.520. The fourth-order valence-electron chi connectivity index (χ4n) is 1.09. The highest BCUT2D eigenvalue weighted by Crippen LogP contribution is 1.97. The van der Waals surface area contributed by atoms with Crippen LogP contribution in [0.2, 0.25) is 0 Å². The van der Waals surface area contributed by atoms with Crippen LogP contribution in [0.15, 0.2) is 30.7 Å². The summed E-state index contributed by atoms with van der Waals surface area (Å²) in [7, 11) is 0. The first-order valence-electron chi connectivity index (χ1n) is 4.17. The van der Waals surface area contributed by atoms with Gasteiger partial charge in [0.05, 0.1) is 11.7 Å². The van der Waals surface area contributed by atoms with Crippen molar-refractivity contribution in [3.05, 3.63) is 36.4 Å². The van der Waals surface area contributed by atoms with Gasteiger partial charge in [0.1, 0.15) is 6.08 Å². The second-order valence-corrected chi connectivity index (χ2v) is 2.81. The number of H-pyrrole nitrogens is 1. The Morgan fingerprint density at radius 3 is 3.00 bits per heavy atom. The number of hydrogen-bond acceptors (Lipinski definition) is 1. The Labute approximate surface area is 80.3 Å². The zero-order valence-electron chi connectivity index (χ0n) is 7.61. The van der Waals surface area contributed by atoms with Gasteiger partial charge in [-0.25, -0.2) is 4.42 Å². The zero-order chi connectivity index (χ0) is 9.97. The Bertz CT molecular complexity index is 438. The molecule has 0 saturated heterocycles. The molecule has 0 radical (unpaired) electrons. The predicted octanol–water partition coefficient (Wildman–Crippen LogP) is 0.912. The molecule has 0 atom stereocenters. The van der Waals surface area contributed by atoms with Gasteiger partial charge in [0.15, 0.2) is 5.69 Å². The molecule has 4 heteroatoms. The van der Waals surface area contributed by atoms with Crippen LogP contribution in [0.4, 0.5) is 0 Å². The van der Waals surface area contributed by atoms with E-state index in [0.717, 1.165) is 0 Å². The highest BCUT2D eigenvalue weighted by molar-refractivity contribution is 6.42. The van der Waals surface area contributed by atoms with Gasteiger partial charge >= 0.3 is 23.8 Å². The van der Waals surface area contributed by atoms with Gasteiger partial charge in [0, 0.05) is 6.20 Å². The summed E-state index contributed by atoms with van der Waals surface area (Å²) in [6.45, 7) is 1.73. The van der Waals surface area contributed by atoms with Crippen molar-refractivity contribution >= 4 is 17.5 Å². The van der Waals surface area contributed by atoms with Crippen LogP contribution in [-0.2, 0) is 8.85 Å². The van der Waals surface area contributed by atoms with Crippen LogP contribution >= 0.6 is 0 Å². The van der Waals surface area contributed by atoms with Crippen molar-refractivity contribution in [1.29, 1.82) is 0 Å². The maximum absolute atomic E-state index is 11.4. The minimum Gasteiger partial charge on any atom is -0.351 e. The smallest absolute Gasteiger partial charge is 0.351 e. The van der Waals surface area contributed by atoms with Crippen LogP contribution < -0.4 is 0 Å². The van der Waals surface area contributed by atoms with Crippen LogP contribution in [0.3, 0.4) is 0 Å². The van der Waals surface area contributed by atoms with Gasteiger partial charge in [0.25, 0.3) is 0 Å².